The average molecular weight is 643 g/mol. The van der Waals surface area contributed by atoms with Gasteiger partial charge >= 0.3 is 0 Å². The van der Waals surface area contributed by atoms with Gasteiger partial charge in [0.05, 0.1) is 11.4 Å². The summed E-state index contributed by atoms with van der Waals surface area (Å²) in [7, 11) is 0. The number of hydrogen-bond acceptors (Lipinski definition) is 4. The van der Waals surface area contributed by atoms with E-state index in [2.05, 4.69) is 0 Å². The van der Waals surface area contributed by atoms with Gasteiger partial charge in [0.25, 0.3) is 23.6 Å². The summed E-state index contributed by atoms with van der Waals surface area (Å²) in [5.41, 5.74) is 2.93. The third-order valence-electron chi connectivity index (χ3n) is 10.7. The largest absolute Gasteiger partial charge is 0.268 e. The molecule has 0 aliphatic carbocycles. The van der Waals surface area contributed by atoms with Crippen molar-refractivity contribution in [2.75, 3.05) is 9.80 Å². The first-order chi connectivity index (χ1) is 24.5. The number of amides is 4. The van der Waals surface area contributed by atoms with Gasteiger partial charge in [0.2, 0.25) is 0 Å². The van der Waals surface area contributed by atoms with E-state index < -0.39 is 0 Å². The summed E-state index contributed by atoms with van der Waals surface area (Å²) < 4.78 is 0. The molecule has 2 aliphatic rings. The third-order valence-corrected chi connectivity index (χ3v) is 10.7. The van der Waals surface area contributed by atoms with Crippen LogP contribution in [0, 0.1) is 0 Å². The maximum atomic E-state index is 14.3. The van der Waals surface area contributed by atoms with Crippen molar-refractivity contribution in [3.8, 4) is 0 Å². The van der Waals surface area contributed by atoms with Gasteiger partial charge in [-0.1, -0.05) is 97.1 Å². The smallest absolute Gasteiger partial charge is 0.266 e. The maximum absolute atomic E-state index is 14.3. The van der Waals surface area contributed by atoms with E-state index in [9.17, 15) is 19.2 Å². The molecule has 0 unspecified atom stereocenters. The van der Waals surface area contributed by atoms with E-state index >= 15 is 0 Å². The first-order valence-corrected chi connectivity index (χ1v) is 16.4. The zero-order valence-electron chi connectivity index (χ0n) is 26.2. The topological polar surface area (TPSA) is 74.8 Å². The molecule has 0 saturated heterocycles. The lowest BCUT2D eigenvalue weighted by molar-refractivity contribution is 0.0878. The monoisotopic (exact) mass is 642 g/mol. The van der Waals surface area contributed by atoms with Crippen LogP contribution in [0.5, 0.6) is 0 Å². The molecule has 0 atom stereocenters. The van der Waals surface area contributed by atoms with E-state index in [4.69, 9.17) is 0 Å². The van der Waals surface area contributed by atoms with E-state index in [0.717, 1.165) is 53.9 Å². The van der Waals surface area contributed by atoms with Crippen LogP contribution in [0.3, 0.4) is 0 Å². The molecule has 0 radical (unpaired) electrons. The highest BCUT2D eigenvalue weighted by molar-refractivity contribution is 6.46. The van der Waals surface area contributed by atoms with Gasteiger partial charge in [-0.15, -0.1) is 0 Å². The Kier molecular flexibility index (Phi) is 5.07. The quantitative estimate of drug-likeness (QED) is 0.107. The normalized spacial score (nSPS) is 14.5. The molecule has 2 aliphatic heterocycles. The average Bonchev–Trinajstić information content (AvgIpc) is 3.15. The van der Waals surface area contributed by atoms with Crippen molar-refractivity contribution < 1.29 is 19.2 Å². The van der Waals surface area contributed by atoms with Crippen molar-refractivity contribution in [2.24, 2.45) is 0 Å². The summed E-state index contributed by atoms with van der Waals surface area (Å²) >= 11 is 0. The van der Waals surface area contributed by atoms with E-state index in [0.29, 0.717) is 44.4 Å². The molecule has 0 spiro atoms. The molecule has 9 aromatic rings. The molecule has 2 heterocycles. The number of carbonyl (C=O) groups excluding carboxylic acids is 4. The van der Waals surface area contributed by atoms with Crippen molar-refractivity contribution in [1.29, 1.82) is 0 Å². The Morgan fingerprint density at radius 2 is 0.600 bits per heavy atom. The molecule has 0 aromatic heterocycles. The summed E-state index contributed by atoms with van der Waals surface area (Å²) in [6.07, 6.45) is 0. The summed E-state index contributed by atoms with van der Waals surface area (Å²) in [6, 6.07) is 41.7. The van der Waals surface area contributed by atoms with Crippen LogP contribution in [0.25, 0.3) is 64.6 Å². The fraction of sp³-hybridized carbons (Fsp3) is 0. The number of benzene rings is 9. The van der Waals surface area contributed by atoms with Gasteiger partial charge in [-0.2, -0.15) is 0 Å². The number of nitrogens with zero attached hydrogens (tertiary/aromatic N) is 2. The SMILES string of the molecule is O=C1c2ccc3c4ccc5c6c(ccc(c7ccc(c2c37)C(=O)N1c1cccc2ccccc12)c64)C(=O)N(c1cccc2ccccc12)C5=O. The van der Waals surface area contributed by atoms with Gasteiger partial charge in [-0.25, -0.2) is 9.80 Å². The number of hydrogen-bond donors (Lipinski definition) is 0. The van der Waals surface area contributed by atoms with Crippen molar-refractivity contribution in [2.45, 2.75) is 0 Å². The molecule has 0 N–H and O–H groups in total. The summed E-state index contributed by atoms with van der Waals surface area (Å²) in [6.45, 7) is 0. The highest BCUT2D eigenvalue weighted by atomic mass is 16.2. The molecular weight excluding hydrogens is 620 g/mol. The van der Waals surface area contributed by atoms with Crippen molar-refractivity contribution in [1.82, 2.24) is 0 Å². The standard InChI is InChI=1S/C44H22N2O4/c47-41-31-19-15-27-29-17-21-33-40-34(44(50)46(43(33)49)36-14-6-10-24-8-2-4-12-26(24)36)22-18-30(38(29)40)28-16-20-32(39(31)37(27)28)42(48)45(41)35-13-5-9-23-7-1-3-11-25(23)35/h1-22H. The van der Waals surface area contributed by atoms with Crippen LogP contribution in [-0.4, -0.2) is 23.6 Å². The van der Waals surface area contributed by atoms with E-state index in [1.54, 1.807) is 24.3 Å². The minimum atomic E-state index is -0.372. The van der Waals surface area contributed by atoms with E-state index in [1.165, 1.54) is 9.80 Å². The number of fused-ring (bicyclic) bond motifs is 4. The fourth-order valence-corrected chi connectivity index (χ4v) is 8.51. The Bertz CT molecular complexity index is 2750. The number of rotatable bonds is 2. The first kappa shape index (κ1) is 27.1. The molecule has 4 amide bonds. The highest BCUT2D eigenvalue weighted by Crippen LogP contribution is 2.47. The van der Waals surface area contributed by atoms with Crippen LogP contribution in [0.15, 0.2) is 133 Å². The molecule has 232 valence electrons. The molecule has 9 aromatic carbocycles. The molecule has 0 bridgehead atoms. The molecule has 6 heteroatoms. The van der Waals surface area contributed by atoms with Gasteiger partial charge < -0.3 is 0 Å². The predicted octanol–water partition coefficient (Wildman–Crippen LogP) is 9.64. The zero-order valence-corrected chi connectivity index (χ0v) is 26.2. The van der Waals surface area contributed by atoms with E-state index in [1.807, 2.05) is 109 Å². The zero-order chi connectivity index (χ0) is 33.4. The fourth-order valence-electron chi connectivity index (χ4n) is 8.51. The second-order valence-corrected chi connectivity index (χ2v) is 13.0. The first-order valence-electron chi connectivity index (χ1n) is 16.4. The second kappa shape index (κ2) is 9.36. The Hall–Kier alpha value is -6.92. The molecule has 0 saturated carbocycles. The summed E-state index contributed by atoms with van der Waals surface area (Å²) in [5, 5.41) is 9.83. The lowest BCUT2D eigenvalue weighted by Gasteiger charge is -2.30. The molecule has 0 fully saturated rings. The van der Waals surface area contributed by atoms with Crippen LogP contribution >= 0.6 is 0 Å². The van der Waals surface area contributed by atoms with E-state index in [-0.39, 0.29) is 23.6 Å². The minimum Gasteiger partial charge on any atom is -0.268 e. The third kappa shape index (κ3) is 3.22. The predicted molar refractivity (Wildman–Crippen MR) is 198 cm³/mol. The number of imide groups is 2. The minimum absolute atomic E-state index is 0.372. The van der Waals surface area contributed by atoms with Crippen LogP contribution < -0.4 is 9.80 Å². The lowest BCUT2D eigenvalue weighted by atomic mass is 9.82. The number of carbonyl (C=O) groups is 4. The van der Waals surface area contributed by atoms with Crippen LogP contribution in [-0.2, 0) is 0 Å². The van der Waals surface area contributed by atoms with Gasteiger partial charge in [-0.3, -0.25) is 19.2 Å². The Labute approximate surface area is 283 Å². The molecule has 11 rings (SSSR count). The van der Waals surface area contributed by atoms with Crippen LogP contribution in [0.1, 0.15) is 41.4 Å². The van der Waals surface area contributed by atoms with Gasteiger partial charge in [0.1, 0.15) is 0 Å². The Morgan fingerprint density at radius 3 is 0.960 bits per heavy atom. The molecule has 50 heavy (non-hydrogen) atoms. The molecule has 6 nitrogen and oxygen atoms in total. The Morgan fingerprint density at radius 1 is 0.280 bits per heavy atom. The van der Waals surface area contributed by atoms with Crippen LogP contribution in [0.2, 0.25) is 0 Å². The Balaban J connectivity index is 1.15. The maximum Gasteiger partial charge on any atom is 0.266 e. The van der Waals surface area contributed by atoms with Crippen molar-refractivity contribution in [3.63, 3.8) is 0 Å². The van der Waals surface area contributed by atoms with Gasteiger partial charge in [0, 0.05) is 43.8 Å². The summed E-state index contributed by atoms with van der Waals surface area (Å²) in [4.78, 5) is 59.7. The van der Waals surface area contributed by atoms with Crippen LogP contribution in [0.4, 0.5) is 11.4 Å². The summed E-state index contributed by atoms with van der Waals surface area (Å²) in [5.74, 6) is -1.49. The van der Waals surface area contributed by atoms with Gasteiger partial charge in [-0.05, 0) is 79.5 Å². The lowest BCUT2D eigenvalue weighted by Crippen LogP contribution is -2.40. The van der Waals surface area contributed by atoms with Gasteiger partial charge in [0.15, 0.2) is 0 Å². The molecular formula is C44H22N2O4. The van der Waals surface area contributed by atoms with Crippen molar-refractivity contribution >= 4 is 99.6 Å². The second-order valence-electron chi connectivity index (χ2n) is 13.0. The number of anilines is 2. The highest BCUT2D eigenvalue weighted by Gasteiger charge is 2.38. The van der Waals surface area contributed by atoms with Crippen molar-refractivity contribution in [3.05, 3.63) is 156 Å².